The summed E-state index contributed by atoms with van der Waals surface area (Å²) in [7, 11) is 1.75. The molecule has 1 aliphatic rings. The molecular weight excluding hydrogens is 383 g/mol. The third kappa shape index (κ3) is 5.48. The van der Waals surface area contributed by atoms with Gasteiger partial charge < -0.3 is 14.3 Å². The standard InChI is InChI=1S/C21H28N4O3.Al.2H/c1-14-17(10-11-26)20(16-8-9-16)24-25(14)13-19(27)23-18(21(28)22-2)12-15-6-4-3-5-7-15;;;/h3-7,16,18,26H,8-13H2,1-2H3,(H2,22,23,27,28);;;/q;+1;;/p-1/t18-;;;/m0.../s1. The summed E-state index contributed by atoms with van der Waals surface area (Å²) in [6, 6.07) is 9.11. The smallest absolute Gasteiger partial charge is 0.367 e. The summed E-state index contributed by atoms with van der Waals surface area (Å²) in [5.41, 5.74) is 3.99. The van der Waals surface area contributed by atoms with Crippen LogP contribution in [0.5, 0.6) is 0 Å². The summed E-state index contributed by atoms with van der Waals surface area (Å²) >= 11 is 0.592. The summed E-state index contributed by atoms with van der Waals surface area (Å²) in [4.78, 5) is 25.4. The Kier molecular flexibility index (Phi) is 7.12. The van der Waals surface area contributed by atoms with Crippen LogP contribution in [0.1, 0.15) is 41.3 Å². The minimum atomic E-state index is -0.594. The van der Waals surface area contributed by atoms with Gasteiger partial charge in [0.1, 0.15) is 12.6 Å². The molecule has 1 fully saturated rings. The highest BCUT2D eigenvalue weighted by atomic mass is 27.1. The van der Waals surface area contributed by atoms with Crippen LogP contribution in [0.3, 0.4) is 0 Å². The van der Waals surface area contributed by atoms with Crippen molar-refractivity contribution in [2.75, 3.05) is 13.7 Å². The van der Waals surface area contributed by atoms with Crippen molar-refractivity contribution < 1.29 is 14.7 Å². The highest BCUT2D eigenvalue weighted by molar-refractivity contribution is 6.15. The van der Waals surface area contributed by atoms with Crippen LogP contribution in [0.25, 0.3) is 0 Å². The number of nitrogens with one attached hydrogen (secondary N) is 1. The average Bonchev–Trinajstić information content (AvgIpc) is 3.49. The Balaban J connectivity index is 1.73. The summed E-state index contributed by atoms with van der Waals surface area (Å²) < 4.78 is 3.35. The summed E-state index contributed by atoms with van der Waals surface area (Å²) in [6.07, 6.45) is 3.24. The van der Waals surface area contributed by atoms with E-state index < -0.39 is 6.04 Å². The first-order chi connectivity index (χ1) is 13.9. The maximum atomic E-state index is 12.8. The highest BCUT2D eigenvalue weighted by Gasteiger charge is 2.31. The number of amides is 2. The number of hydrogen-bond donors (Lipinski definition) is 2. The van der Waals surface area contributed by atoms with Crippen molar-refractivity contribution in [2.45, 2.75) is 51.1 Å². The fourth-order valence-electron chi connectivity index (χ4n) is 3.60. The van der Waals surface area contributed by atoms with Crippen molar-refractivity contribution in [3.63, 3.8) is 0 Å². The maximum Gasteiger partial charge on any atom is 0.367 e. The first-order valence-electron chi connectivity index (χ1n) is 10.1. The van der Waals surface area contributed by atoms with Gasteiger partial charge in [0.05, 0.1) is 5.69 Å². The molecule has 1 aliphatic carbocycles. The van der Waals surface area contributed by atoms with Crippen LogP contribution in [0.2, 0.25) is 0 Å². The second kappa shape index (κ2) is 9.57. The van der Waals surface area contributed by atoms with Crippen LogP contribution in [-0.4, -0.2) is 66.8 Å². The van der Waals surface area contributed by atoms with E-state index in [1.54, 1.807) is 15.6 Å². The number of rotatable bonds is 9. The summed E-state index contributed by atoms with van der Waals surface area (Å²) in [6.45, 7) is 2.08. The predicted molar refractivity (Wildman–Crippen MR) is 113 cm³/mol. The molecule has 3 rings (SSSR count). The summed E-state index contributed by atoms with van der Waals surface area (Å²) in [5, 5.41) is 16.9. The Labute approximate surface area is 179 Å². The number of hydrogen-bond acceptors (Lipinski definition) is 4. The van der Waals surface area contributed by atoms with Crippen molar-refractivity contribution in [2.24, 2.45) is 0 Å². The van der Waals surface area contributed by atoms with Crippen molar-refractivity contribution in [3.8, 4) is 0 Å². The van der Waals surface area contributed by atoms with E-state index in [0.29, 0.717) is 35.3 Å². The Bertz CT molecular complexity index is 862. The molecule has 1 aromatic heterocycles. The fourth-order valence-corrected chi connectivity index (χ4v) is 3.92. The SMILES string of the molecule is Cc1c(CCO)c(C2CC2)nn1CC(=O)N[C@@H](Cc1ccccc1)C(=O)[N](C)[AlH2]. The van der Waals surface area contributed by atoms with Crippen molar-refractivity contribution in [1.29, 1.82) is 0 Å². The zero-order chi connectivity index (χ0) is 21.0. The van der Waals surface area contributed by atoms with Crippen molar-refractivity contribution in [1.82, 2.24) is 19.0 Å². The zero-order valence-corrected chi connectivity index (χ0v) is 19.4. The van der Waals surface area contributed by atoms with E-state index in [-0.39, 0.29) is 25.0 Å². The van der Waals surface area contributed by atoms with E-state index >= 15 is 0 Å². The van der Waals surface area contributed by atoms with Gasteiger partial charge in [0.2, 0.25) is 11.8 Å². The highest BCUT2D eigenvalue weighted by Crippen LogP contribution is 2.41. The first-order valence-corrected chi connectivity index (χ1v) is 11.0. The van der Waals surface area contributed by atoms with Crippen LogP contribution in [0.4, 0.5) is 0 Å². The number of carbonyl (C=O) groups is 2. The number of nitrogens with zero attached hydrogens (tertiary/aromatic N) is 3. The molecule has 0 aliphatic heterocycles. The van der Waals surface area contributed by atoms with Crippen LogP contribution in [0.15, 0.2) is 30.3 Å². The van der Waals surface area contributed by atoms with E-state index in [1.807, 2.05) is 37.3 Å². The molecular formula is C21H29AlN4O3. The average molecular weight is 412 g/mol. The van der Waals surface area contributed by atoms with Gasteiger partial charge in [0, 0.05) is 24.6 Å². The Morgan fingerprint density at radius 1 is 1.34 bits per heavy atom. The normalized spacial score (nSPS) is 14.4. The molecule has 0 radical (unpaired) electrons. The predicted octanol–water partition coefficient (Wildman–Crippen LogP) is 0.338. The van der Waals surface area contributed by atoms with Crippen LogP contribution in [-0.2, 0) is 29.0 Å². The van der Waals surface area contributed by atoms with E-state index in [9.17, 15) is 14.7 Å². The Morgan fingerprint density at radius 3 is 2.62 bits per heavy atom. The maximum absolute atomic E-state index is 12.8. The molecule has 0 unspecified atom stereocenters. The molecule has 0 spiro atoms. The lowest BCUT2D eigenvalue weighted by Crippen LogP contribution is -2.48. The monoisotopic (exact) mass is 412 g/mol. The number of carbonyl (C=O) groups excluding carboxylic acids is 2. The third-order valence-corrected chi connectivity index (χ3v) is 5.78. The number of aliphatic hydroxyl groups excluding tert-OH is 1. The van der Waals surface area contributed by atoms with Crippen molar-refractivity contribution in [3.05, 3.63) is 52.8 Å². The lowest BCUT2D eigenvalue weighted by molar-refractivity contribution is -0.132. The van der Waals surface area contributed by atoms with E-state index in [1.165, 1.54) is 0 Å². The number of aliphatic hydroxyl groups is 1. The fraction of sp³-hybridized carbons (Fsp3) is 0.476. The lowest BCUT2D eigenvalue weighted by atomic mass is 10.1. The topological polar surface area (TPSA) is 87.5 Å². The molecule has 0 saturated heterocycles. The number of benzene rings is 1. The molecule has 1 saturated carbocycles. The van der Waals surface area contributed by atoms with Gasteiger partial charge in [0.15, 0.2) is 0 Å². The Morgan fingerprint density at radius 2 is 2.03 bits per heavy atom. The molecule has 1 heterocycles. The van der Waals surface area contributed by atoms with Crippen molar-refractivity contribution >= 4 is 28.3 Å². The first kappa shape index (κ1) is 21.6. The largest absolute Gasteiger partial charge is 0.441 e. The molecule has 154 valence electrons. The Hall–Kier alpha value is -2.14. The number of aromatic nitrogens is 2. The van der Waals surface area contributed by atoms with Gasteiger partial charge in [-0.3, -0.25) is 14.3 Å². The zero-order valence-electron chi connectivity index (χ0n) is 17.4. The molecule has 2 N–H and O–H groups in total. The quantitative estimate of drug-likeness (QED) is 0.582. The third-order valence-electron chi connectivity index (χ3n) is 5.34. The molecule has 1 aromatic carbocycles. The van der Waals surface area contributed by atoms with Gasteiger partial charge >= 0.3 is 16.5 Å². The van der Waals surface area contributed by atoms with Gasteiger partial charge in [-0.05, 0) is 44.4 Å². The van der Waals surface area contributed by atoms with Gasteiger partial charge in [-0.2, -0.15) is 5.10 Å². The van der Waals surface area contributed by atoms with Gasteiger partial charge in [-0.15, -0.1) is 0 Å². The molecule has 0 bridgehead atoms. The lowest BCUT2D eigenvalue weighted by Gasteiger charge is -2.23. The number of likely N-dealkylation sites (N-methyl/N-ethyl adjacent to an activating group) is 1. The minimum Gasteiger partial charge on any atom is -0.441 e. The van der Waals surface area contributed by atoms with Gasteiger partial charge in [-0.25, -0.2) is 0 Å². The van der Waals surface area contributed by atoms with E-state index in [0.717, 1.165) is 35.4 Å². The van der Waals surface area contributed by atoms with E-state index in [4.69, 9.17) is 0 Å². The van der Waals surface area contributed by atoms with Gasteiger partial charge in [-0.1, -0.05) is 30.3 Å². The minimum absolute atomic E-state index is 0.0683. The van der Waals surface area contributed by atoms with Gasteiger partial charge in [0.25, 0.3) is 0 Å². The molecule has 29 heavy (non-hydrogen) atoms. The molecule has 2 aromatic rings. The van der Waals surface area contributed by atoms with Crippen LogP contribution >= 0.6 is 0 Å². The van der Waals surface area contributed by atoms with Crippen LogP contribution in [0, 0.1) is 6.92 Å². The molecule has 1 atom stereocenters. The molecule has 2 amide bonds. The van der Waals surface area contributed by atoms with E-state index in [2.05, 4.69) is 10.4 Å². The second-order valence-electron chi connectivity index (χ2n) is 7.90. The van der Waals surface area contributed by atoms with Crippen LogP contribution < -0.4 is 5.32 Å². The molecule has 7 nitrogen and oxygen atoms in total. The molecule has 8 heteroatoms. The second-order valence-corrected chi connectivity index (χ2v) is 9.24. The summed E-state index contributed by atoms with van der Waals surface area (Å²) in [5.74, 6) is 0.141.